The quantitative estimate of drug-likeness (QED) is 0.605. The minimum Gasteiger partial charge on any atom is -0.340 e. The van der Waals surface area contributed by atoms with Gasteiger partial charge >= 0.3 is 0 Å². The van der Waals surface area contributed by atoms with E-state index in [2.05, 4.69) is 58.8 Å². The number of hydrogen-bond acceptors (Lipinski definition) is 5. The molecule has 0 bridgehead atoms. The van der Waals surface area contributed by atoms with Gasteiger partial charge in [0.2, 0.25) is 5.91 Å². The summed E-state index contributed by atoms with van der Waals surface area (Å²) < 4.78 is 0. The largest absolute Gasteiger partial charge is 0.340 e. The zero-order valence-electron chi connectivity index (χ0n) is 15.9. The number of carbonyl (C=O) groups excluding carboxylic acids is 1. The van der Waals surface area contributed by atoms with E-state index in [4.69, 9.17) is 0 Å². The number of carbonyl (C=O) groups is 1. The lowest BCUT2D eigenvalue weighted by Crippen LogP contribution is -2.06. The van der Waals surface area contributed by atoms with Gasteiger partial charge in [-0.05, 0) is 50.1 Å². The van der Waals surface area contributed by atoms with Gasteiger partial charge in [-0.25, -0.2) is 9.97 Å². The number of nitrogens with zero attached hydrogens (tertiary/aromatic N) is 2. The molecule has 0 spiro atoms. The third-order valence-corrected chi connectivity index (χ3v) is 4.05. The Morgan fingerprint density at radius 3 is 2.15 bits per heavy atom. The fourth-order valence-corrected chi connectivity index (χ4v) is 3.03. The lowest BCUT2D eigenvalue weighted by Gasteiger charge is -2.14. The molecule has 0 saturated heterocycles. The van der Waals surface area contributed by atoms with Crippen molar-refractivity contribution in [1.29, 1.82) is 0 Å². The molecule has 138 valence electrons. The first-order valence-electron chi connectivity index (χ1n) is 8.72. The number of aryl methyl sites for hydroxylation is 3. The second kappa shape index (κ2) is 7.86. The van der Waals surface area contributed by atoms with Gasteiger partial charge in [-0.15, -0.1) is 0 Å². The van der Waals surface area contributed by atoms with E-state index in [9.17, 15) is 4.79 Å². The minimum atomic E-state index is -0.107. The normalized spacial score (nSPS) is 10.4. The van der Waals surface area contributed by atoms with Gasteiger partial charge in [-0.2, -0.15) is 0 Å². The molecule has 0 radical (unpaired) electrons. The van der Waals surface area contributed by atoms with Gasteiger partial charge in [-0.1, -0.05) is 23.8 Å². The van der Waals surface area contributed by atoms with Crippen LogP contribution in [0.1, 0.15) is 23.6 Å². The van der Waals surface area contributed by atoms with Crippen LogP contribution in [0.15, 0.2) is 48.8 Å². The maximum absolute atomic E-state index is 11.2. The summed E-state index contributed by atoms with van der Waals surface area (Å²) in [7, 11) is 0. The van der Waals surface area contributed by atoms with Crippen molar-refractivity contribution in [2.45, 2.75) is 27.7 Å². The Hall–Kier alpha value is -3.41. The monoisotopic (exact) mass is 361 g/mol. The summed E-state index contributed by atoms with van der Waals surface area (Å²) in [4.78, 5) is 19.8. The molecule has 6 heteroatoms. The van der Waals surface area contributed by atoms with Gasteiger partial charge < -0.3 is 16.0 Å². The summed E-state index contributed by atoms with van der Waals surface area (Å²) in [5.74, 6) is 1.26. The topological polar surface area (TPSA) is 78.9 Å². The first kappa shape index (κ1) is 18.4. The van der Waals surface area contributed by atoms with Crippen molar-refractivity contribution < 1.29 is 4.79 Å². The summed E-state index contributed by atoms with van der Waals surface area (Å²) in [6, 6.07) is 13.6. The fraction of sp³-hybridized carbons (Fsp3) is 0.190. The fourth-order valence-electron chi connectivity index (χ4n) is 3.03. The van der Waals surface area contributed by atoms with E-state index in [1.54, 1.807) is 0 Å². The molecule has 27 heavy (non-hydrogen) atoms. The molecule has 1 aromatic heterocycles. The highest BCUT2D eigenvalue weighted by Gasteiger charge is 2.07. The Labute approximate surface area is 159 Å². The van der Waals surface area contributed by atoms with Gasteiger partial charge in [0.1, 0.15) is 18.0 Å². The molecule has 1 heterocycles. The number of amides is 1. The molecular weight excluding hydrogens is 338 g/mol. The van der Waals surface area contributed by atoms with Gasteiger partial charge in [0.25, 0.3) is 0 Å². The minimum absolute atomic E-state index is 0.107. The number of aromatic nitrogens is 2. The molecule has 6 nitrogen and oxygen atoms in total. The summed E-state index contributed by atoms with van der Waals surface area (Å²) in [5.41, 5.74) is 6.18. The standard InChI is InChI=1S/C21H23N5O/c1-13-8-14(2)21(15(3)9-13)26-20-11-19(22-12-23-20)25-18-7-5-6-17(10-18)24-16(4)27/h5-12H,1-4H3,(H,24,27)(H2,22,23,25,26). The summed E-state index contributed by atoms with van der Waals surface area (Å²) >= 11 is 0. The van der Waals surface area contributed by atoms with Gasteiger partial charge in [-0.3, -0.25) is 4.79 Å². The van der Waals surface area contributed by atoms with Crippen LogP contribution in [-0.4, -0.2) is 15.9 Å². The zero-order valence-corrected chi connectivity index (χ0v) is 15.9. The highest BCUT2D eigenvalue weighted by molar-refractivity contribution is 5.89. The van der Waals surface area contributed by atoms with Crippen LogP contribution >= 0.6 is 0 Å². The van der Waals surface area contributed by atoms with Crippen molar-refractivity contribution >= 4 is 34.6 Å². The van der Waals surface area contributed by atoms with E-state index < -0.39 is 0 Å². The third kappa shape index (κ3) is 4.82. The smallest absolute Gasteiger partial charge is 0.221 e. The average molecular weight is 361 g/mol. The summed E-state index contributed by atoms with van der Waals surface area (Å²) in [5, 5.41) is 9.39. The summed E-state index contributed by atoms with van der Waals surface area (Å²) in [6.07, 6.45) is 1.52. The van der Waals surface area contributed by atoms with Crippen LogP contribution < -0.4 is 16.0 Å². The highest BCUT2D eigenvalue weighted by atomic mass is 16.1. The van der Waals surface area contributed by atoms with E-state index in [1.807, 2.05) is 30.3 Å². The molecule has 3 rings (SSSR count). The molecule has 2 aromatic carbocycles. The van der Waals surface area contributed by atoms with Crippen molar-refractivity contribution in [3.8, 4) is 0 Å². The Morgan fingerprint density at radius 1 is 0.852 bits per heavy atom. The number of nitrogens with one attached hydrogen (secondary N) is 3. The number of hydrogen-bond donors (Lipinski definition) is 3. The predicted molar refractivity (Wildman–Crippen MR) is 110 cm³/mol. The molecule has 0 aliphatic rings. The molecule has 3 N–H and O–H groups in total. The number of anilines is 5. The predicted octanol–water partition coefficient (Wildman–Crippen LogP) is 4.85. The Kier molecular flexibility index (Phi) is 5.35. The zero-order chi connectivity index (χ0) is 19.4. The average Bonchev–Trinajstić information content (AvgIpc) is 2.58. The van der Waals surface area contributed by atoms with Gasteiger partial charge in [0, 0.05) is 30.1 Å². The van der Waals surface area contributed by atoms with Crippen LogP contribution in [0.25, 0.3) is 0 Å². The second-order valence-electron chi connectivity index (χ2n) is 6.57. The number of rotatable bonds is 5. The van der Waals surface area contributed by atoms with E-state index in [1.165, 1.54) is 29.9 Å². The molecule has 0 unspecified atom stereocenters. The first-order chi connectivity index (χ1) is 12.9. The SMILES string of the molecule is CC(=O)Nc1cccc(Nc2cc(Nc3c(C)cc(C)cc3C)ncn2)c1. The lowest BCUT2D eigenvalue weighted by atomic mass is 10.1. The third-order valence-electron chi connectivity index (χ3n) is 4.05. The van der Waals surface area contributed by atoms with E-state index in [0.29, 0.717) is 11.6 Å². The Balaban J connectivity index is 1.79. The maximum Gasteiger partial charge on any atom is 0.221 e. The molecule has 3 aromatic rings. The van der Waals surface area contributed by atoms with Crippen molar-refractivity contribution in [1.82, 2.24) is 9.97 Å². The molecule has 1 amide bonds. The molecular formula is C21H23N5O. The Bertz CT molecular complexity index is 961. The maximum atomic E-state index is 11.2. The molecule has 0 fully saturated rings. The molecule has 0 saturated carbocycles. The van der Waals surface area contributed by atoms with Crippen molar-refractivity contribution in [2.24, 2.45) is 0 Å². The van der Waals surface area contributed by atoms with Crippen LogP contribution in [0, 0.1) is 20.8 Å². The van der Waals surface area contributed by atoms with Crippen LogP contribution in [0.2, 0.25) is 0 Å². The number of benzene rings is 2. The van der Waals surface area contributed by atoms with Gasteiger partial charge in [0.05, 0.1) is 0 Å². The van der Waals surface area contributed by atoms with Crippen molar-refractivity contribution in [3.63, 3.8) is 0 Å². The summed E-state index contributed by atoms with van der Waals surface area (Å²) in [6.45, 7) is 7.73. The van der Waals surface area contributed by atoms with Crippen LogP contribution in [0.4, 0.5) is 28.7 Å². The Morgan fingerprint density at radius 2 is 1.48 bits per heavy atom. The van der Waals surface area contributed by atoms with Crippen LogP contribution in [0.3, 0.4) is 0 Å². The van der Waals surface area contributed by atoms with Crippen molar-refractivity contribution in [3.05, 3.63) is 65.5 Å². The van der Waals surface area contributed by atoms with E-state index in [0.717, 1.165) is 17.1 Å². The van der Waals surface area contributed by atoms with Crippen LogP contribution in [-0.2, 0) is 4.79 Å². The molecule has 0 aliphatic carbocycles. The lowest BCUT2D eigenvalue weighted by molar-refractivity contribution is -0.114. The van der Waals surface area contributed by atoms with E-state index in [-0.39, 0.29) is 5.91 Å². The van der Waals surface area contributed by atoms with Gasteiger partial charge in [0.15, 0.2) is 0 Å². The van der Waals surface area contributed by atoms with Crippen molar-refractivity contribution in [2.75, 3.05) is 16.0 Å². The first-order valence-corrected chi connectivity index (χ1v) is 8.72. The molecule has 0 aliphatic heterocycles. The van der Waals surface area contributed by atoms with E-state index >= 15 is 0 Å². The van der Waals surface area contributed by atoms with Crippen LogP contribution in [0.5, 0.6) is 0 Å². The molecule has 0 atom stereocenters. The second-order valence-corrected chi connectivity index (χ2v) is 6.57. The highest BCUT2D eigenvalue weighted by Crippen LogP contribution is 2.26.